The number of nitrogens with one attached hydrogen (secondary N) is 2. The fourth-order valence-electron chi connectivity index (χ4n) is 3.07. The van der Waals surface area contributed by atoms with Gasteiger partial charge >= 0.3 is 6.03 Å². The molecule has 3 rings (SSSR count). The van der Waals surface area contributed by atoms with Gasteiger partial charge in [-0.05, 0) is 38.3 Å². The van der Waals surface area contributed by atoms with Gasteiger partial charge in [-0.25, -0.2) is 4.79 Å². The van der Waals surface area contributed by atoms with Crippen molar-refractivity contribution >= 4 is 11.9 Å². The van der Waals surface area contributed by atoms with E-state index in [4.69, 9.17) is 4.42 Å². The summed E-state index contributed by atoms with van der Waals surface area (Å²) in [5.74, 6) is 2.29. The molecule has 6 heteroatoms. The summed E-state index contributed by atoms with van der Waals surface area (Å²) in [5.41, 5.74) is 0. The molecule has 2 fully saturated rings. The zero-order valence-corrected chi connectivity index (χ0v) is 13.3. The quantitative estimate of drug-likeness (QED) is 0.893. The molecule has 0 bridgehead atoms. The number of amides is 3. The second-order valence-electron chi connectivity index (χ2n) is 6.52. The van der Waals surface area contributed by atoms with E-state index in [0.29, 0.717) is 24.9 Å². The number of carbonyl (C=O) groups is 2. The first-order valence-corrected chi connectivity index (χ1v) is 7.87. The Morgan fingerprint density at radius 2 is 2.18 bits per heavy atom. The van der Waals surface area contributed by atoms with Crippen molar-refractivity contribution in [3.05, 3.63) is 23.7 Å². The van der Waals surface area contributed by atoms with Crippen molar-refractivity contribution in [1.29, 1.82) is 0 Å². The van der Waals surface area contributed by atoms with Crippen LogP contribution in [0.25, 0.3) is 0 Å². The van der Waals surface area contributed by atoms with Crippen molar-refractivity contribution < 1.29 is 14.0 Å². The molecule has 1 saturated carbocycles. The molecule has 0 spiro atoms. The zero-order chi connectivity index (χ0) is 15.9. The SMILES string of the molecule is Cc1ccc([C@H](C)NC(=O)N[C@@H]2CC(=O)N([C@H]3C[C@@H]3C)C2)o1. The fourth-order valence-corrected chi connectivity index (χ4v) is 3.07. The van der Waals surface area contributed by atoms with Crippen LogP contribution in [0.4, 0.5) is 4.79 Å². The number of nitrogens with zero attached hydrogens (tertiary/aromatic N) is 1. The average molecular weight is 305 g/mol. The fraction of sp³-hybridized carbons (Fsp3) is 0.625. The molecule has 1 saturated heterocycles. The summed E-state index contributed by atoms with van der Waals surface area (Å²) in [6.45, 7) is 6.51. The van der Waals surface area contributed by atoms with Gasteiger partial charge in [0.2, 0.25) is 5.91 Å². The standard InChI is InChI=1S/C16H23N3O3/c1-9-6-13(9)19-8-12(7-15(19)20)18-16(21)17-11(3)14-5-4-10(2)22-14/h4-5,9,11-13H,6-8H2,1-3H3,(H2,17,18,21)/t9-,11-,12+,13-/m0/s1. The number of hydrogen-bond donors (Lipinski definition) is 2. The minimum Gasteiger partial charge on any atom is -0.464 e. The summed E-state index contributed by atoms with van der Waals surface area (Å²) < 4.78 is 5.50. The highest BCUT2D eigenvalue weighted by Crippen LogP contribution is 2.37. The Morgan fingerprint density at radius 1 is 1.45 bits per heavy atom. The highest BCUT2D eigenvalue weighted by Gasteiger charge is 2.44. The van der Waals surface area contributed by atoms with Crippen molar-refractivity contribution in [2.75, 3.05) is 6.54 Å². The molecule has 2 N–H and O–H groups in total. The van der Waals surface area contributed by atoms with Crippen LogP contribution >= 0.6 is 0 Å². The summed E-state index contributed by atoms with van der Waals surface area (Å²) in [6, 6.07) is 3.54. The van der Waals surface area contributed by atoms with Gasteiger partial charge in [0, 0.05) is 19.0 Å². The summed E-state index contributed by atoms with van der Waals surface area (Å²) in [5, 5.41) is 5.74. The molecule has 0 aromatic carbocycles. The van der Waals surface area contributed by atoms with E-state index < -0.39 is 0 Å². The van der Waals surface area contributed by atoms with Crippen molar-refractivity contribution in [3.8, 4) is 0 Å². The second-order valence-corrected chi connectivity index (χ2v) is 6.52. The number of urea groups is 1. The van der Waals surface area contributed by atoms with E-state index in [1.807, 2.05) is 30.9 Å². The number of hydrogen-bond acceptors (Lipinski definition) is 3. The van der Waals surface area contributed by atoms with Crippen LogP contribution < -0.4 is 10.6 Å². The van der Waals surface area contributed by atoms with E-state index in [1.165, 1.54) is 0 Å². The maximum Gasteiger partial charge on any atom is 0.315 e. The summed E-state index contributed by atoms with van der Waals surface area (Å²) in [4.78, 5) is 25.9. The van der Waals surface area contributed by atoms with Crippen LogP contribution in [0.3, 0.4) is 0 Å². The Labute approximate surface area is 130 Å². The van der Waals surface area contributed by atoms with Crippen LogP contribution in [0.5, 0.6) is 0 Å². The molecular weight excluding hydrogens is 282 g/mol. The first-order chi connectivity index (χ1) is 10.4. The zero-order valence-electron chi connectivity index (χ0n) is 13.3. The topological polar surface area (TPSA) is 74.6 Å². The molecule has 4 atom stereocenters. The van der Waals surface area contributed by atoms with Gasteiger partial charge < -0.3 is 20.0 Å². The lowest BCUT2D eigenvalue weighted by atomic mass is 10.2. The predicted octanol–water partition coefficient (Wildman–Crippen LogP) is 1.96. The largest absolute Gasteiger partial charge is 0.464 e. The Hall–Kier alpha value is -1.98. The average Bonchev–Trinajstić information content (AvgIpc) is 2.82. The molecule has 6 nitrogen and oxygen atoms in total. The van der Waals surface area contributed by atoms with E-state index in [0.717, 1.165) is 17.9 Å². The number of furan rings is 1. The van der Waals surface area contributed by atoms with Gasteiger partial charge in [-0.3, -0.25) is 4.79 Å². The lowest BCUT2D eigenvalue weighted by molar-refractivity contribution is -0.128. The molecule has 3 amide bonds. The monoisotopic (exact) mass is 305 g/mol. The molecule has 1 aromatic rings. The summed E-state index contributed by atoms with van der Waals surface area (Å²) >= 11 is 0. The Balaban J connectivity index is 1.49. The second kappa shape index (κ2) is 5.66. The molecule has 0 unspecified atom stereocenters. The minimum atomic E-state index is -0.259. The molecule has 2 heterocycles. The Bertz CT molecular complexity index is 583. The van der Waals surface area contributed by atoms with Crippen LogP contribution in [0, 0.1) is 12.8 Å². The number of rotatable bonds is 4. The predicted molar refractivity (Wildman–Crippen MR) is 81.2 cm³/mol. The normalized spacial score (nSPS) is 28.6. The molecule has 22 heavy (non-hydrogen) atoms. The lowest BCUT2D eigenvalue weighted by Crippen LogP contribution is -2.44. The molecule has 1 aromatic heterocycles. The first-order valence-electron chi connectivity index (χ1n) is 7.87. The van der Waals surface area contributed by atoms with Crippen molar-refractivity contribution in [1.82, 2.24) is 15.5 Å². The summed E-state index contributed by atoms with van der Waals surface area (Å²) in [6.07, 6.45) is 1.48. The van der Waals surface area contributed by atoms with Gasteiger partial charge in [0.15, 0.2) is 0 Å². The van der Waals surface area contributed by atoms with Crippen LogP contribution in [-0.4, -0.2) is 35.5 Å². The third-order valence-corrected chi connectivity index (χ3v) is 4.50. The molecule has 0 radical (unpaired) electrons. The lowest BCUT2D eigenvalue weighted by Gasteiger charge is -2.18. The maximum absolute atomic E-state index is 12.1. The van der Waals surface area contributed by atoms with Crippen LogP contribution in [-0.2, 0) is 4.79 Å². The summed E-state index contributed by atoms with van der Waals surface area (Å²) in [7, 11) is 0. The van der Waals surface area contributed by atoms with Gasteiger partial charge in [-0.15, -0.1) is 0 Å². The van der Waals surface area contributed by atoms with E-state index in [-0.39, 0.29) is 24.0 Å². The van der Waals surface area contributed by atoms with Crippen molar-refractivity contribution in [2.24, 2.45) is 5.92 Å². The Kier molecular flexibility index (Phi) is 3.85. The van der Waals surface area contributed by atoms with E-state index in [9.17, 15) is 9.59 Å². The molecule has 120 valence electrons. The van der Waals surface area contributed by atoms with Gasteiger partial charge in [-0.1, -0.05) is 6.92 Å². The van der Waals surface area contributed by atoms with E-state index in [1.54, 1.807) is 0 Å². The van der Waals surface area contributed by atoms with E-state index in [2.05, 4.69) is 17.6 Å². The third kappa shape index (κ3) is 3.10. The van der Waals surface area contributed by atoms with Gasteiger partial charge in [0.25, 0.3) is 0 Å². The van der Waals surface area contributed by atoms with Gasteiger partial charge in [0.1, 0.15) is 11.5 Å². The highest BCUT2D eigenvalue weighted by molar-refractivity contribution is 5.82. The van der Waals surface area contributed by atoms with Crippen LogP contribution in [0.1, 0.15) is 44.3 Å². The van der Waals surface area contributed by atoms with Gasteiger partial charge in [-0.2, -0.15) is 0 Å². The first kappa shape index (κ1) is 14.9. The minimum absolute atomic E-state index is 0.106. The maximum atomic E-state index is 12.1. The number of carbonyl (C=O) groups excluding carboxylic acids is 2. The number of likely N-dealkylation sites (tertiary alicyclic amines) is 1. The number of aryl methyl sites for hydroxylation is 1. The smallest absolute Gasteiger partial charge is 0.315 e. The molecule has 2 aliphatic rings. The molecule has 1 aliphatic heterocycles. The van der Waals surface area contributed by atoms with E-state index >= 15 is 0 Å². The van der Waals surface area contributed by atoms with Gasteiger partial charge in [0.05, 0.1) is 12.1 Å². The van der Waals surface area contributed by atoms with Crippen molar-refractivity contribution in [2.45, 2.75) is 51.7 Å². The molecular formula is C16H23N3O3. The van der Waals surface area contributed by atoms with Crippen LogP contribution in [0.15, 0.2) is 16.5 Å². The van der Waals surface area contributed by atoms with Crippen LogP contribution in [0.2, 0.25) is 0 Å². The third-order valence-electron chi connectivity index (χ3n) is 4.50. The molecule has 1 aliphatic carbocycles. The van der Waals surface area contributed by atoms with Crippen molar-refractivity contribution in [3.63, 3.8) is 0 Å². The Morgan fingerprint density at radius 3 is 2.77 bits per heavy atom. The highest BCUT2D eigenvalue weighted by atomic mass is 16.3.